The van der Waals surface area contributed by atoms with Crippen LogP contribution in [0.5, 0.6) is 5.75 Å². The Balaban J connectivity index is 1.69. The van der Waals surface area contributed by atoms with Gasteiger partial charge in [-0.25, -0.2) is 4.98 Å². The molecule has 3 rings (SSSR count). The van der Waals surface area contributed by atoms with Crippen molar-refractivity contribution < 1.29 is 9.53 Å². The van der Waals surface area contributed by atoms with E-state index in [9.17, 15) is 4.79 Å². The number of methoxy groups -OCH3 is 1. The number of para-hydroxylation sites is 1. The molecule has 2 aromatic carbocycles. The highest BCUT2D eigenvalue weighted by atomic mass is 32.2. The van der Waals surface area contributed by atoms with Crippen molar-refractivity contribution in [2.45, 2.75) is 23.9 Å². The zero-order valence-corrected chi connectivity index (χ0v) is 17.0. The molecular weight excluding hydrogens is 378 g/mol. The number of nitrogens with zero attached hydrogens (tertiary/aromatic N) is 1. The van der Waals surface area contributed by atoms with Crippen molar-refractivity contribution in [3.8, 4) is 5.75 Å². The maximum atomic E-state index is 12.7. The van der Waals surface area contributed by atoms with E-state index in [1.54, 1.807) is 18.9 Å². The molecule has 0 unspecified atom stereocenters. The van der Waals surface area contributed by atoms with Crippen LogP contribution in [0.3, 0.4) is 0 Å². The van der Waals surface area contributed by atoms with Crippen LogP contribution in [0, 0.1) is 13.8 Å². The van der Waals surface area contributed by atoms with E-state index >= 15 is 0 Å². The number of rotatable bonds is 6. The number of carbonyl (C=O) groups is 1. The topological polar surface area (TPSA) is 77.2 Å². The van der Waals surface area contributed by atoms with Gasteiger partial charge in [0.1, 0.15) is 16.4 Å². The monoisotopic (exact) mass is 399 g/mol. The molecule has 27 heavy (non-hydrogen) atoms. The highest BCUT2D eigenvalue weighted by Gasteiger charge is 2.18. The Kier molecular flexibility index (Phi) is 6.03. The van der Waals surface area contributed by atoms with Gasteiger partial charge in [-0.2, -0.15) is 0 Å². The Labute approximate surface area is 167 Å². The minimum absolute atomic E-state index is 0.223. The van der Waals surface area contributed by atoms with E-state index in [2.05, 4.69) is 10.3 Å². The molecular formula is C20H21N3O2S2. The molecule has 140 valence electrons. The number of hydrogen-bond acceptors (Lipinski definition) is 6. The molecule has 0 bridgehead atoms. The number of nitrogen functional groups attached to an aromatic ring is 1. The highest BCUT2D eigenvalue weighted by molar-refractivity contribution is 8.00. The van der Waals surface area contributed by atoms with Crippen molar-refractivity contribution in [3.05, 3.63) is 64.0 Å². The van der Waals surface area contributed by atoms with Crippen molar-refractivity contribution >= 4 is 40.5 Å². The standard InChI is InChI=1S/C20H21N3O2S2/c1-12-5-4-6-13(2)16(12)22-19(24)17-18(21)23-20(27-17)26-11-14-7-9-15(25-3)10-8-14/h4-10H,11,21H2,1-3H3,(H,22,24). The molecule has 0 fully saturated rings. The predicted octanol–water partition coefficient (Wildman–Crippen LogP) is 4.90. The molecule has 0 spiro atoms. The quantitative estimate of drug-likeness (QED) is 0.577. The highest BCUT2D eigenvalue weighted by Crippen LogP contribution is 2.32. The van der Waals surface area contributed by atoms with Crippen LogP contribution in [-0.4, -0.2) is 18.0 Å². The average molecular weight is 400 g/mol. The molecule has 0 aliphatic heterocycles. The van der Waals surface area contributed by atoms with Crippen LogP contribution >= 0.6 is 23.1 Å². The van der Waals surface area contributed by atoms with E-state index in [4.69, 9.17) is 10.5 Å². The molecule has 0 saturated carbocycles. The minimum atomic E-state index is -0.223. The smallest absolute Gasteiger partial charge is 0.269 e. The number of anilines is 2. The van der Waals surface area contributed by atoms with Crippen molar-refractivity contribution in [2.75, 3.05) is 18.2 Å². The molecule has 5 nitrogen and oxygen atoms in total. The lowest BCUT2D eigenvalue weighted by atomic mass is 10.1. The zero-order valence-electron chi connectivity index (χ0n) is 15.4. The lowest BCUT2D eigenvalue weighted by molar-refractivity contribution is 0.103. The first-order valence-corrected chi connectivity index (χ1v) is 10.2. The number of benzene rings is 2. The van der Waals surface area contributed by atoms with Crippen molar-refractivity contribution in [3.63, 3.8) is 0 Å². The summed E-state index contributed by atoms with van der Waals surface area (Å²) in [6.07, 6.45) is 0. The van der Waals surface area contributed by atoms with Crippen LogP contribution < -0.4 is 15.8 Å². The Morgan fingerprint density at radius 3 is 2.48 bits per heavy atom. The fraction of sp³-hybridized carbons (Fsp3) is 0.200. The number of aromatic nitrogens is 1. The van der Waals surface area contributed by atoms with Crippen LogP contribution in [0.4, 0.5) is 11.5 Å². The molecule has 1 heterocycles. The normalized spacial score (nSPS) is 10.6. The summed E-state index contributed by atoms with van der Waals surface area (Å²) in [4.78, 5) is 17.4. The SMILES string of the molecule is COc1ccc(CSc2nc(N)c(C(=O)Nc3c(C)cccc3C)s2)cc1. The number of amides is 1. The summed E-state index contributed by atoms with van der Waals surface area (Å²) in [5.41, 5.74) is 9.99. The minimum Gasteiger partial charge on any atom is -0.497 e. The third kappa shape index (κ3) is 4.61. The van der Waals surface area contributed by atoms with E-state index < -0.39 is 0 Å². The number of hydrogen-bond donors (Lipinski definition) is 2. The first kappa shape index (κ1) is 19.3. The summed E-state index contributed by atoms with van der Waals surface area (Å²) in [6, 6.07) is 13.8. The molecule has 0 saturated heterocycles. The predicted molar refractivity (Wildman–Crippen MR) is 113 cm³/mol. The van der Waals surface area contributed by atoms with Crippen LogP contribution in [0.2, 0.25) is 0 Å². The average Bonchev–Trinajstić information content (AvgIpc) is 3.04. The van der Waals surface area contributed by atoms with Gasteiger partial charge in [0.15, 0.2) is 4.34 Å². The fourth-order valence-corrected chi connectivity index (χ4v) is 4.51. The number of aryl methyl sites for hydroxylation is 2. The lowest BCUT2D eigenvalue weighted by Crippen LogP contribution is -2.14. The Bertz CT molecular complexity index is 932. The van der Waals surface area contributed by atoms with Gasteiger partial charge in [-0.1, -0.05) is 42.1 Å². The fourth-order valence-electron chi connectivity index (χ4n) is 2.58. The molecule has 0 radical (unpaired) electrons. The summed E-state index contributed by atoms with van der Waals surface area (Å²) in [6.45, 7) is 3.93. The molecule has 3 aromatic rings. The van der Waals surface area contributed by atoms with Crippen LogP contribution in [0.25, 0.3) is 0 Å². The van der Waals surface area contributed by atoms with Gasteiger partial charge in [0.2, 0.25) is 0 Å². The van der Waals surface area contributed by atoms with Gasteiger partial charge in [-0.3, -0.25) is 4.79 Å². The van der Waals surface area contributed by atoms with E-state index in [1.807, 2.05) is 56.3 Å². The summed E-state index contributed by atoms with van der Waals surface area (Å²) >= 11 is 2.87. The second-order valence-electron chi connectivity index (χ2n) is 6.05. The largest absolute Gasteiger partial charge is 0.497 e. The van der Waals surface area contributed by atoms with Crippen LogP contribution in [0.15, 0.2) is 46.8 Å². The van der Waals surface area contributed by atoms with Gasteiger partial charge >= 0.3 is 0 Å². The van der Waals surface area contributed by atoms with Gasteiger partial charge < -0.3 is 15.8 Å². The number of thiazole rings is 1. The zero-order chi connectivity index (χ0) is 19.4. The van der Waals surface area contributed by atoms with Gasteiger partial charge in [0.05, 0.1) is 7.11 Å². The second-order valence-corrected chi connectivity index (χ2v) is 8.27. The maximum Gasteiger partial charge on any atom is 0.269 e. The molecule has 0 atom stereocenters. The molecule has 0 aliphatic carbocycles. The van der Waals surface area contributed by atoms with Crippen molar-refractivity contribution in [1.82, 2.24) is 4.98 Å². The van der Waals surface area contributed by atoms with Gasteiger partial charge in [-0.15, -0.1) is 11.3 Å². The van der Waals surface area contributed by atoms with Gasteiger partial charge in [0.25, 0.3) is 5.91 Å². The second kappa shape index (κ2) is 8.45. The third-order valence-corrected chi connectivity index (χ3v) is 6.37. The van der Waals surface area contributed by atoms with E-state index in [1.165, 1.54) is 11.3 Å². The van der Waals surface area contributed by atoms with Crippen molar-refractivity contribution in [2.24, 2.45) is 0 Å². The van der Waals surface area contributed by atoms with Crippen LogP contribution in [0.1, 0.15) is 26.4 Å². The third-order valence-electron chi connectivity index (χ3n) is 4.08. The summed E-state index contributed by atoms with van der Waals surface area (Å²) < 4.78 is 5.94. The summed E-state index contributed by atoms with van der Waals surface area (Å²) in [5, 5.41) is 2.96. The lowest BCUT2D eigenvalue weighted by Gasteiger charge is -2.10. The van der Waals surface area contributed by atoms with Gasteiger partial charge in [0, 0.05) is 11.4 Å². The Morgan fingerprint density at radius 1 is 1.19 bits per heavy atom. The van der Waals surface area contributed by atoms with E-state index in [0.29, 0.717) is 4.88 Å². The Hall–Kier alpha value is -2.51. The molecule has 1 amide bonds. The number of nitrogens with one attached hydrogen (secondary N) is 1. The molecule has 7 heteroatoms. The molecule has 3 N–H and O–H groups in total. The first-order chi connectivity index (χ1) is 13.0. The van der Waals surface area contributed by atoms with E-state index in [-0.39, 0.29) is 11.7 Å². The van der Waals surface area contributed by atoms with E-state index in [0.717, 1.165) is 38.2 Å². The number of ether oxygens (including phenoxy) is 1. The number of carbonyl (C=O) groups excluding carboxylic acids is 1. The molecule has 0 aliphatic rings. The summed E-state index contributed by atoms with van der Waals surface area (Å²) in [7, 11) is 1.65. The summed E-state index contributed by atoms with van der Waals surface area (Å²) in [5.74, 6) is 1.61. The first-order valence-electron chi connectivity index (χ1n) is 8.37. The van der Waals surface area contributed by atoms with Gasteiger partial charge in [-0.05, 0) is 42.7 Å². The van der Waals surface area contributed by atoms with Crippen molar-refractivity contribution in [1.29, 1.82) is 0 Å². The maximum absolute atomic E-state index is 12.7. The number of nitrogens with two attached hydrogens (primary N) is 1. The Morgan fingerprint density at radius 2 is 1.85 bits per heavy atom. The van der Waals surface area contributed by atoms with Crippen LogP contribution in [-0.2, 0) is 5.75 Å². The number of thioether (sulfide) groups is 1. The molecule has 1 aromatic heterocycles.